The van der Waals surface area contributed by atoms with E-state index in [-0.39, 0.29) is 21.7 Å². The molecule has 1 atom stereocenters. The van der Waals surface area contributed by atoms with Gasteiger partial charge in [0.2, 0.25) is 0 Å². The number of carbonyl (C=O) groups excluding carboxylic acids is 1. The van der Waals surface area contributed by atoms with E-state index in [1.54, 1.807) is 0 Å². The molecule has 0 saturated carbocycles. The lowest BCUT2D eigenvalue weighted by molar-refractivity contribution is -0.380. The molecular formula is C14H13ClN2O3S. The lowest BCUT2D eigenvalue weighted by atomic mass is 9.94. The highest BCUT2D eigenvalue weighted by Crippen LogP contribution is 2.27. The zero-order valence-electron chi connectivity index (χ0n) is 11.2. The smallest absolute Gasteiger partial charge is 0.324 e. The summed E-state index contributed by atoms with van der Waals surface area (Å²) >= 11 is 6.85. The van der Waals surface area contributed by atoms with Crippen molar-refractivity contribution in [1.29, 1.82) is 0 Å². The van der Waals surface area contributed by atoms with Gasteiger partial charge in [-0.2, -0.15) is 0 Å². The maximum atomic E-state index is 12.2. The van der Waals surface area contributed by atoms with E-state index >= 15 is 0 Å². The van der Waals surface area contributed by atoms with Crippen LogP contribution in [0, 0.1) is 10.1 Å². The van der Waals surface area contributed by atoms with Crippen molar-refractivity contribution in [3.05, 3.63) is 63.0 Å². The van der Waals surface area contributed by atoms with Gasteiger partial charge in [-0.1, -0.05) is 41.7 Å². The van der Waals surface area contributed by atoms with E-state index in [2.05, 4.69) is 5.32 Å². The summed E-state index contributed by atoms with van der Waals surface area (Å²) in [6.45, 7) is 1.81. The molecule has 0 saturated heterocycles. The summed E-state index contributed by atoms with van der Waals surface area (Å²) in [6, 6.07) is 12.1. The molecule has 1 aromatic heterocycles. The van der Waals surface area contributed by atoms with Crippen molar-refractivity contribution in [2.24, 2.45) is 0 Å². The Bertz CT molecular complexity index is 659. The number of thiophene rings is 1. The van der Waals surface area contributed by atoms with Gasteiger partial charge >= 0.3 is 5.00 Å². The minimum atomic E-state index is -0.737. The molecule has 0 radical (unpaired) electrons. The molecule has 0 aliphatic heterocycles. The SMILES string of the molecule is CC(CCl)(NC(=O)c1ccc([N+](=O)[O-])s1)c1ccccc1. The van der Waals surface area contributed by atoms with Crippen molar-refractivity contribution in [2.75, 3.05) is 5.88 Å². The molecule has 7 heteroatoms. The number of hydrogen-bond donors (Lipinski definition) is 1. The first-order valence-electron chi connectivity index (χ1n) is 6.14. The quantitative estimate of drug-likeness (QED) is 0.519. The van der Waals surface area contributed by atoms with Crippen LogP contribution in [0.4, 0.5) is 5.00 Å². The molecule has 1 N–H and O–H groups in total. The molecule has 1 amide bonds. The zero-order chi connectivity index (χ0) is 15.5. The van der Waals surface area contributed by atoms with Crippen LogP contribution in [0.15, 0.2) is 42.5 Å². The van der Waals surface area contributed by atoms with Crippen LogP contribution >= 0.6 is 22.9 Å². The fourth-order valence-electron chi connectivity index (χ4n) is 1.85. The minimum Gasteiger partial charge on any atom is -0.341 e. The van der Waals surface area contributed by atoms with Gasteiger partial charge in [0.15, 0.2) is 0 Å². The molecule has 0 bridgehead atoms. The summed E-state index contributed by atoms with van der Waals surface area (Å²) in [4.78, 5) is 22.7. The molecular weight excluding hydrogens is 312 g/mol. The molecule has 2 rings (SSSR count). The Morgan fingerprint density at radius 3 is 2.52 bits per heavy atom. The summed E-state index contributed by atoms with van der Waals surface area (Å²) in [5.41, 5.74) is 0.137. The Labute approximate surface area is 130 Å². The van der Waals surface area contributed by atoms with E-state index in [1.807, 2.05) is 37.3 Å². The van der Waals surface area contributed by atoms with Gasteiger partial charge in [-0.15, -0.1) is 11.6 Å². The number of alkyl halides is 1. The van der Waals surface area contributed by atoms with Gasteiger partial charge in [-0.25, -0.2) is 0 Å². The van der Waals surface area contributed by atoms with Gasteiger partial charge in [0.25, 0.3) is 5.91 Å². The van der Waals surface area contributed by atoms with Crippen LogP contribution in [0.5, 0.6) is 0 Å². The second-order valence-corrected chi connectivity index (χ2v) is 6.01. The third-order valence-corrected chi connectivity index (χ3v) is 4.63. The Morgan fingerprint density at radius 2 is 2.00 bits per heavy atom. The van der Waals surface area contributed by atoms with Gasteiger partial charge in [0.1, 0.15) is 0 Å². The fraction of sp³-hybridized carbons (Fsp3) is 0.214. The third-order valence-electron chi connectivity index (χ3n) is 3.06. The van der Waals surface area contributed by atoms with E-state index in [0.29, 0.717) is 0 Å². The molecule has 2 aromatic rings. The Morgan fingerprint density at radius 1 is 1.33 bits per heavy atom. The summed E-state index contributed by atoms with van der Waals surface area (Å²) in [5, 5.41) is 13.4. The molecule has 110 valence electrons. The highest BCUT2D eigenvalue weighted by molar-refractivity contribution is 7.17. The molecule has 0 spiro atoms. The van der Waals surface area contributed by atoms with Crippen LogP contribution in [-0.2, 0) is 5.54 Å². The number of hydrogen-bond acceptors (Lipinski definition) is 4. The van der Waals surface area contributed by atoms with Crippen LogP contribution in [-0.4, -0.2) is 16.7 Å². The first-order valence-corrected chi connectivity index (χ1v) is 7.49. The number of carbonyl (C=O) groups is 1. The average Bonchev–Trinajstić information content (AvgIpc) is 2.98. The first kappa shape index (κ1) is 15.5. The van der Waals surface area contributed by atoms with Crippen molar-refractivity contribution < 1.29 is 9.72 Å². The fourth-order valence-corrected chi connectivity index (χ4v) is 2.79. The molecule has 1 aromatic carbocycles. The van der Waals surface area contributed by atoms with Crippen molar-refractivity contribution in [3.63, 3.8) is 0 Å². The van der Waals surface area contributed by atoms with Crippen molar-refractivity contribution in [3.8, 4) is 0 Å². The number of nitrogens with one attached hydrogen (secondary N) is 1. The van der Waals surface area contributed by atoms with E-state index in [4.69, 9.17) is 11.6 Å². The Balaban J connectivity index is 2.21. The van der Waals surface area contributed by atoms with Crippen LogP contribution in [0.3, 0.4) is 0 Å². The number of halogens is 1. The van der Waals surface area contributed by atoms with E-state index < -0.39 is 10.5 Å². The maximum Gasteiger partial charge on any atom is 0.324 e. The van der Waals surface area contributed by atoms with Crippen LogP contribution in [0.2, 0.25) is 0 Å². The molecule has 0 aliphatic rings. The number of rotatable bonds is 5. The van der Waals surface area contributed by atoms with Gasteiger partial charge in [-0.05, 0) is 18.6 Å². The van der Waals surface area contributed by atoms with Crippen LogP contribution in [0.1, 0.15) is 22.2 Å². The van der Waals surface area contributed by atoms with E-state index in [9.17, 15) is 14.9 Å². The van der Waals surface area contributed by atoms with Gasteiger partial charge < -0.3 is 5.32 Å². The Kier molecular flexibility index (Phi) is 4.59. The predicted octanol–water partition coefficient (Wildman–Crippen LogP) is 3.54. The standard InChI is InChI=1S/C14H13ClN2O3S/c1-14(9-15,10-5-3-2-4-6-10)16-13(18)11-7-8-12(21-11)17(19)20/h2-8H,9H2,1H3,(H,16,18). The summed E-state index contributed by atoms with van der Waals surface area (Å²) in [6.07, 6.45) is 0. The molecule has 0 fully saturated rings. The van der Waals surface area contributed by atoms with Crippen molar-refractivity contribution >= 4 is 33.8 Å². The zero-order valence-corrected chi connectivity index (χ0v) is 12.8. The minimum absolute atomic E-state index is 0.0626. The van der Waals surface area contributed by atoms with Gasteiger partial charge in [0.05, 0.1) is 15.3 Å². The maximum absolute atomic E-state index is 12.2. The number of benzene rings is 1. The summed E-state index contributed by atoms with van der Waals surface area (Å²) in [5.74, 6) is -0.184. The highest BCUT2D eigenvalue weighted by Gasteiger charge is 2.29. The number of nitro groups is 1. The normalized spacial score (nSPS) is 13.4. The highest BCUT2D eigenvalue weighted by atomic mass is 35.5. The van der Waals surface area contributed by atoms with Gasteiger partial charge in [-0.3, -0.25) is 14.9 Å². The monoisotopic (exact) mass is 324 g/mol. The molecule has 0 aliphatic carbocycles. The number of nitrogens with zero attached hydrogens (tertiary/aromatic N) is 1. The second kappa shape index (κ2) is 6.24. The summed E-state index contributed by atoms with van der Waals surface area (Å²) < 4.78 is 0. The topological polar surface area (TPSA) is 72.2 Å². The largest absolute Gasteiger partial charge is 0.341 e. The Hall–Kier alpha value is -1.92. The molecule has 5 nitrogen and oxygen atoms in total. The van der Waals surface area contributed by atoms with Crippen LogP contribution < -0.4 is 5.32 Å². The van der Waals surface area contributed by atoms with Crippen LogP contribution in [0.25, 0.3) is 0 Å². The lowest BCUT2D eigenvalue weighted by Crippen LogP contribution is -2.44. The van der Waals surface area contributed by atoms with Gasteiger partial charge in [0, 0.05) is 11.9 Å². The second-order valence-electron chi connectivity index (χ2n) is 4.68. The average molecular weight is 325 g/mol. The van der Waals surface area contributed by atoms with Crippen molar-refractivity contribution in [1.82, 2.24) is 5.32 Å². The molecule has 21 heavy (non-hydrogen) atoms. The van der Waals surface area contributed by atoms with E-state index in [1.165, 1.54) is 12.1 Å². The first-order chi connectivity index (χ1) is 9.96. The van der Waals surface area contributed by atoms with Crippen molar-refractivity contribution in [2.45, 2.75) is 12.5 Å². The lowest BCUT2D eigenvalue weighted by Gasteiger charge is -2.29. The number of amides is 1. The third kappa shape index (κ3) is 3.40. The van der Waals surface area contributed by atoms with E-state index in [0.717, 1.165) is 16.9 Å². The summed E-state index contributed by atoms with van der Waals surface area (Å²) in [7, 11) is 0. The molecule has 1 unspecified atom stereocenters. The molecule has 1 heterocycles. The predicted molar refractivity (Wildman–Crippen MR) is 83.0 cm³/mol.